The number of aromatic nitrogens is 4. The number of rotatable bonds is 4. The maximum Gasteiger partial charge on any atom is 0.165 e. The van der Waals surface area contributed by atoms with E-state index in [0.717, 1.165) is 34.1 Å². The lowest BCUT2D eigenvalue weighted by Crippen LogP contribution is -2.05. The van der Waals surface area contributed by atoms with Crippen LogP contribution in [0.3, 0.4) is 0 Å². The number of pyridine rings is 2. The molecule has 3 aromatic heterocycles. The van der Waals surface area contributed by atoms with Crippen molar-refractivity contribution < 1.29 is 4.74 Å². The minimum Gasteiger partial charge on any atom is -0.496 e. The van der Waals surface area contributed by atoms with Gasteiger partial charge in [0.25, 0.3) is 0 Å². The predicted molar refractivity (Wildman–Crippen MR) is 92.5 cm³/mol. The van der Waals surface area contributed by atoms with Crippen LogP contribution in [0.5, 0.6) is 5.75 Å². The lowest BCUT2D eigenvalue weighted by Gasteiger charge is -2.10. The third-order valence-electron chi connectivity index (χ3n) is 3.90. The highest BCUT2D eigenvalue weighted by Gasteiger charge is 2.15. The molecule has 3 heterocycles. The van der Waals surface area contributed by atoms with Gasteiger partial charge in [-0.15, -0.1) is 0 Å². The third kappa shape index (κ3) is 2.50. The van der Waals surface area contributed by atoms with Crippen LogP contribution in [0, 0.1) is 0 Å². The fourth-order valence-corrected chi connectivity index (χ4v) is 2.82. The summed E-state index contributed by atoms with van der Waals surface area (Å²) >= 11 is 0. The highest BCUT2D eigenvalue weighted by molar-refractivity contribution is 5.73. The van der Waals surface area contributed by atoms with Gasteiger partial charge in [-0.05, 0) is 30.3 Å². The Kier molecular flexibility index (Phi) is 3.67. The minimum atomic E-state index is 0.636. The van der Waals surface area contributed by atoms with Crippen molar-refractivity contribution in [3.05, 3.63) is 78.4 Å². The summed E-state index contributed by atoms with van der Waals surface area (Å²) in [5.41, 5.74) is 2.74. The van der Waals surface area contributed by atoms with Crippen molar-refractivity contribution >= 4 is 11.2 Å². The van der Waals surface area contributed by atoms with Gasteiger partial charge in [-0.25, -0.2) is 15.0 Å². The molecule has 4 rings (SSSR count). The summed E-state index contributed by atoms with van der Waals surface area (Å²) in [6, 6.07) is 17.7. The second kappa shape index (κ2) is 6.12. The Bertz CT molecular complexity index is 979. The highest BCUT2D eigenvalue weighted by atomic mass is 16.5. The summed E-state index contributed by atoms with van der Waals surface area (Å²) in [6.07, 6.45) is 4.18. The van der Waals surface area contributed by atoms with Gasteiger partial charge >= 0.3 is 0 Å². The van der Waals surface area contributed by atoms with Crippen LogP contribution >= 0.6 is 0 Å². The standard InChI is InChI=1S/C19H16N4O/c1-24-16-9-3-2-7-14(16)13-18-22-15-8-6-12-21-19(15)23(18)17-10-4-5-11-20-17/h2-12H,13H2,1H3. The van der Waals surface area contributed by atoms with E-state index in [0.29, 0.717) is 6.42 Å². The van der Waals surface area contributed by atoms with E-state index in [1.807, 2.05) is 59.2 Å². The van der Waals surface area contributed by atoms with Crippen molar-refractivity contribution in [2.45, 2.75) is 6.42 Å². The second-order valence-corrected chi connectivity index (χ2v) is 5.39. The summed E-state index contributed by atoms with van der Waals surface area (Å²) in [5, 5.41) is 0. The average molecular weight is 316 g/mol. The molecule has 0 saturated heterocycles. The molecule has 24 heavy (non-hydrogen) atoms. The maximum absolute atomic E-state index is 5.47. The maximum atomic E-state index is 5.47. The van der Waals surface area contributed by atoms with Gasteiger partial charge in [-0.1, -0.05) is 24.3 Å². The molecule has 0 fully saturated rings. The normalized spacial score (nSPS) is 10.9. The van der Waals surface area contributed by atoms with E-state index in [4.69, 9.17) is 9.72 Å². The van der Waals surface area contributed by atoms with Crippen LogP contribution in [0.15, 0.2) is 67.0 Å². The zero-order valence-corrected chi connectivity index (χ0v) is 13.3. The third-order valence-corrected chi connectivity index (χ3v) is 3.90. The number of benzene rings is 1. The molecule has 0 aliphatic heterocycles. The van der Waals surface area contributed by atoms with E-state index in [1.165, 1.54) is 0 Å². The largest absolute Gasteiger partial charge is 0.496 e. The number of hydrogen-bond acceptors (Lipinski definition) is 4. The quantitative estimate of drug-likeness (QED) is 0.579. The van der Waals surface area contributed by atoms with Crippen molar-refractivity contribution in [2.24, 2.45) is 0 Å². The predicted octanol–water partition coefficient (Wildman–Crippen LogP) is 3.41. The van der Waals surface area contributed by atoms with Gasteiger partial charge in [0.2, 0.25) is 0 Å². The van der Waals surface area contributed by atoms with Crippen LogP contribution in [-0.2, 0) is 6.42 Å². The number of hydrogen-bond donors (Lipinski definition) is 0. The zero-order chi connectivity index (χ0) is 16.4. The molecule has 0 aliphatic carbocycles. The van der Waals surface area contributed by atoms with Gasteiger partial charge in [0.1, 0.15) is 22.9 Å². The number of imidazole rings is 1. The zero-order valence-electron chi connectivity index (χ0n) is 13.3. The van der Waals surface area contributed by atoms with Crippen LogP contribution in [0.2, 0.25) is 0 Å². The van der Waals surface area contributed by atoms with E-state index in [-0.39, 0.29) is 0 Å². The van der Waals surface area contributed by atoms with E-state index >= 15 is 0 Å². The number of ether oxygens (including phenoxy) is 1. The molecule has 0 radical (unpaired) electrons. The van der Waals surface area contributed by atoms with Crippen LogP contribution in [0.25, 0.3) is 17.0 Å². The van der Waals surface area contributed by atoms with E-state index in [9.17, 15) is 0 Å². The lowest BCUT2D eigenvalue weighted by molar-refractivity contribution is 0.410. The molecule has 4 aromatic rings. The van der Waals surface area contributed by atoms with Crippen LogP contribution < -0.4 is 4.74 Å². The fourth-order valence-electron chi connectivity index (χ4n) is 2.82. The monoisotopic (exact) mass is 316 g/mol. The van der Waals surface area contributed by atoms with E-state index in [2.05, 4.69) is 9.97 Å². The van der Waals surface area contributed by atoms with Crippen molar-refractivity contribution in [2.75, 3.05) is 7.11 Å². The summed E-state index contributed by atoms with van der Waals surface area (Å²) in [4.78, 5) is 13.7. The van der Waals surface area contributed by atoms with Crippen molar-refractivity contribution in [1.29, 1.82) is 0 Å². The number of nitrogens with zero attached hydrogens (tertiary/aromatic N) is 4. The van der Waals surface area contributed by atoms with Crippen LogP contribution in [0.4, 0.5) is 0 Å². The van der Waals surface area contributed by atoms with Crippen molar-refractivity contribution in [3.63, 3.8) is 0 Å². The highest BCUT2D eigenvalue weighted by Crippen LogP contribution is 2.24. The lowest BCUT2D eigenvalue weighted by atomic mass is 10.1. The molecule has 0 N–H and O–H groups in total. The molecular weight excluding hydrogens is 300 g/mol. The Morgan fingerprint density at radius 3 is 2.58 bits per heavy atom. The fraction of sp³-hybridized carbons (Fsp3) is 0.105. The van der Waals surface area contributed by atoms with Gasteiger partial charge in [0, 0.05) is 24.4 Å². The number of methoxy groups -OCH3 is 1. The van der Waals surface area contributed by atoms with E-state index in [1.54, 1.807) is 19.5 Å². The summed E-state index contributed by atoms with van der Waals surface area (Å²) in [6.45, 7) is 0. The molecule has 118 valence electrons. The molecule has 0 saturated carbocycles. The topological polar surface area (TPSA) is 52.8 Å². The first kappa shape index (κ1) is 14.4. The summed E-state index contributed by atoms with van der Waals surface area (Å²) in [5.74, 6) is 2.54. The Balaban J connectivity index is 1.89. The Morgan fingerprint density at radius 1 is 0.917 bits per heavy atom. The summed E-state index contributed by atoms with van der Waals surface area (Å²) < 4.78 is 7.47. The summed E-state index contributed by atoms with van der Waals surface area (Å²) in [7, 11) is 1.68. The number of fused-ring (bicyclic) bond motifs is 1. The molecule has 0 atom stereocenters. The molecule has 0 bridgehead atoms. The first-order chi connectivity index (χ1) is 11.9. The van der Waals surface area contributed by atoms with Crippen LogP contribution in [-0.4, -0.2) is 26.6 Å². The Labute approximate surface area is 139 Å². The van der Waals surface area contributed by atoms with Crippen LogP contribution in [0.1, 0.15) is 11.4 Å². The SMILES string of the molecule is COc1ccccc1Cc1nc2cccnc2n1-c1ccccn1. The first-order valence-corrected chi connectivity index (χ1v) is 7.72. The van der Waals surface area contributed by atoms with Crippen molar-refractivity contribution in [1.82, 2.24) is 19.5 Å². The van der Waals surface area contributed by atoms with Gasteiger partial charge in [0.05, 0.1) is 7.11 Å². The number of para-hydroxylation sites is 1. The molecule has 0 aliphatic rings. The van der Waals surface area contributed by atoms with Gasteiger partial charge in [0.15, 0.2) is 5.65 Å². The molecule has 5 nitrogen and oxygen atoms in total. The van der Waals surface area contributed by atoms with Gasteiger partial charge < -0.3 is 4.74 Å². The second-order valence-electron chi connectivity index (χ2n) is 5.39. The van der Waals surface area contributed by atoms with Gasteiger partial charge in [-0.3, -0.25) is 4.57 Å². The Hall–Kier alpha value is -3.21. The molecule has 0 amide bonds. The van der Waals surface area contributed by atoms with Crippen molar-refractivity contribution in [3.8, 4) is 11.6 Å². The Morgan fingerprint density at radius 2 is 1.75 bits per heavy atom. The van der Waals surface area contributed by atoms with E-state index < -0.39 is 0 Å². The smallest absolute Gasteiger partial charge is 0.165 e. The molecule has 0 unspecified atom stereocenters. The molecule has 5 heteroatoms. The molecule has 1 aromatic carbocycles. The molecular formula is C19H16N4O. The average Bonchev–Trinajstić information content (AvgIpc) is 3.00. The van der Waals surface area contributed by atoms with Gasteiger partial charge in [-0.2, -0.15) is 0 Å². The minimum absolute atomic E-state index is 0.636. The first-order valence-electron chi connectivity index (χ1n) is 7.72. The molecule has 0 spiro atoms.